The fourth-order valence-electron chi connectivity index (χ4n) is 3.33. The number of fused-ring (bicyclic) bond motifs is 1. The summed E-state index contributed by atoms with van der Waals surface area (Å²) >= 11 is 0. The summed E-state index contributed by atoms with van der Waals surface area (Å²) in [5.74, 6) is -0.329. The zero-order chi connectivity index (χ0) is 17.8. The number of hydrogen-bond acceptors (Lipinski definition) is 4. The summed E-state index contributed by atoms with van der Waals surface area (Å²) in [6.45, 7) is 2.15. The molecule has 0 aliphatic heterocycles. The van der Waals surface area contributed by atoms with E-state index in [9.17, 15) is 14.4 Å². The van der Waals surface area contributed by atoms with Gasteiger partial charge in [-0.05, 0) is 31.7 Å². The van der Waals surface area contributed by atoms with Crippen molar-refractivity contribution in [2.24, 2.45) is 5.92 Å². The molecule has 7 heteroatoms. The molecule has 0 atom stereocenters. The second-order valence-electron chi connectivity index (χ2n) is 6.37. The van der Waals surface area contributed by atoms with E-state index in [2.05, 4.69) is 16.0 Å². The highest BCUT2D eigenvalue weighted by Gasteiger charge is 2.20. The van der Waals surface area contributed by atoms with Crippen LogP contribution in [0.3, 0.4) is 0 Å². The van der Waals surface area contributed by atoms with Crippen LogP contribution in [0.2, 0.25) is 0 Å². The van der Waals surface area contributed by atoms with Gasteiger partial charge in [-0.15, -0.1) is 0 Å². The Labute approximate surface area is 145 Å². The van der Waals surface area contributed by atoms with E-state index < -0.39 is 5.91 Å². The lowest BCUT2D eigenvalue weighted by molar-refractivity contribution is -0.122. The van der Waals surface area contributed by atoms with Crippen molar-refractivity contribution in [3.05, 3.63) is 40.3 Å². The van der Waals surface area contributed by atoms with Crippen LogP contribution in [-0.2, 0) is 11.3 Å². The number of carbonyl (C=O) groups excluding carboxylic acids is 2. The highest BCUT2D eigenvalue weighted by atomic mass is 16.2. The zero-order valence-electron chi connectivity index (χ0n) is 14.2. The normalized spacial score (nSPS) is 14.6. The Morgan fingerprint density at radius 2 is 1.84 bits per heavy atom. The third kappa shape index (κ3) is 3.70. The summed E-state index contributed by atoms with van der Waals surface area (Å²) in [6, 6.07) is 6.84. The van der Waals surface area contributed by atoms with Crippen LogP contribution in [-0.4, -0.2) is 21.6 Å². The second-order valence-corrected chi connectivity index (χ2v) is 6.37. The maximum Gasteiger partial charge on any atom is 0.290 e. The number of nitrogens with zero attached hydrogens (tertiary/aromatic N) is 2. The third-order valence-corrected chi connectivity index (χ3v) is 4.65. The molecular formula is C18H22N4O3. The first-order valence-electron chi connectivity index (χ1n) is 8.69. The Kier molecular flexibility index (Phi) is 5.11. The molecular weight excluding hydrogens is 320 g/mol. The van der Waals surface area contributed by atoms with Crippen molar-refractivity contribution < 1.29 is 9.59 Å². The van der Waals surface area contributed by atoms with Gasteiger partial charge in [0.25, 0.3) is 11.5 Å². The van der Waals surface area contributed by atoms with Crippen molar-refractivity contribution in [2.75, 3.05) is 0 Å². The van der Waals surface area contributed by atoms with Crippen molar-refractivity contribution in [1.29, 1.82) is 0 Å². The zero-order valence-corrected chi connectivity index (χ0v) is 14.2. The smallest absolute Gasteiger partial charge is 0.273 e. The van der Waals surface area contributed by atoms with Crippen LogP contribution in [0.25, 0.3) is 10.8 Å². The summed E-state index contributed by atoms with van der Waals surface area (Å²) in [5.41, 5.74) is 4.77. The molecule has 2 amide bonds. The summed E-state index contributed by atoms with van der Waals surface area (Å²) in [7, 11) is 0. The number of hydrazine groups is 1. The fraction of sp³-hybridized carbons (Fsp3) is 0.444. The number of aromatic nitrogens is 2. The van der Waals surface area contributed by atoms with Gasteiger partial charge in [0, 0.05) is 18.4 Å². The average Bonchev–Trinajstić information content (AvgIpc) is 3.13. The van der Waals surface area contributed by atoms with E-state index >= 15 is 0 Å². The molecule has 1 saturated carbocycles. The highest BCUT2D eigenvalue weighted by Crippen LogP contribution is 2.27. The number of benzene rings is 1. The molecule has 25 heavy (non-hydrogen) atoms. The molecule has 2 aromatic rings. The molecule has 1 aromatic heterocycles. The average molecular weight is 342 g/mol. The van der Waals surface area contributed by atoms with Crippen LogP contribution in [0.1, 0.15) is 49.5 Å². The van der Waals surface area contributed by atoms with Gasteiger partial charge in [-0.25, -0.2) is 4.68 Å². The Balaban J connectivity index is 1.76. The maximum atomic E-state index is 12.5. The molecule has 0 bridgehead atoms. The Morgan fingerprint density at radius 1 is 1.16 bits per heavy atom. The van der Waals surface area contributed by atoms with Gasteiger partial charge in [0.1, 0.15) is 0 Å². The number of amides is 2. The number of hydrogen-bond donors (Lipinski definition) is 2. The largest absolute Gasteiger partial charge is 0.290 e. The molecule has 0 unspecified atom stereocenters. The van der Waals surface area contributed by atoms with Crippen LogP contribution in [0.4, 0.5) is 0 Å². The molecule has 132 valence electrons. The second kappa shape index (κ2) is 7.46. The number of rotatable bonds is 4. The molecule has 3 rings (SSSR count). The molecule has 1 aliphatic carbocycles. The maximum absolute atomic E-state index is 12.5. The van der Waals surface area contributed by atoms with Crippen LogP contribution >= 0.6 is 0 Å². The Bertz CT molecular complexity index is 853. The van der Waals surface area contributed by atoms with E-state index in [0.717, 1.165) is 12.8 Å². The van der Waals surface area contributed by atoms with E-state index in [1.807, 2.05) is 0 Å². The van der Waals surface area contributed by atoms with Crippen molar-refractivity contribution in [3.8, 4) is 0 Å². The quantitative estimate of drug-likeness (QED) is 0.828. The monoisotopic (exact) mass is 342 g/mol. The molecule has 1 aliphatic rings. The summed E-state index contributed by atoms with van der Waals surface area (Å²) in [5, 5.41) is 5.05. The highest BCUT2D eigenvalue weighted by molar-refractivity contribution is 6.05. The molecule has 0 saturated heterocycles. The van der Waals surface area contributed by atoms with E-state index in [4.69, 9.17) is 0 Å². The topological polar surface area (TPSA) is 93.1 Å². The van der Waals surface area contributed by atoms with Gasteiger partial charge < -0.3 is 0 Å². The van der Waals surface area contributed by atoms with Gasteiger partial charge in [0.05, 0.1) is 5.39 Å². The minimum absolute atomic E-state index is 0.123. The number of aryl methyl sites for hydroxylation is 1. The van der Waals surface area contributed by atoms with Crippen molar-refractivity contribution >= 4 is 22.6 Å². The molecule has 7 nitrogen and oxygen atoms in total. The van der Waals surface area contributed by atoms with Gasteiger partial charge in [-0.2, -0.15) is 5.10 Å². The number of nitrogens with one attached hydrogen (secondary N) is 2. The molecule has 0 spiro atoms. The molecule has 2 N–H and O–H groups in total. The summed E-state index contributed by atoms with van der Waals surface area (Å²) < 4.78 is 1.25. The lowest BCUT2D eigenvalue weighted by Crippen LogP contribution is -2.43. The lowest BCUT2D eigenvalue weighted by Gasteiger charge is -2.12. The number of carbonyl (C=O) groups is 2. The van der Waals surface area contributed by atoms with Gasteiger partial charge in [-0.3, -0.25) is 25.2 Å². The van der Waals surface area contributed by atoms with Gasteiger partial charge in [0.2, 0.25) is 5.91 Å². The van der Waals surface area contributed by atoms with Crippen molar-refractivity contribution in [2.45, 2.75) is 45.6 Å². The predicted octanol–water partition coefficient (Wildman–Crippen LogP) is 1.76. The van der Waals surface area contributed by atoms with E-state index in [-0.39, 0.29) is 17.2 Å². The standard InChI is InChI=1S/C18H22N4O3/c1-2-22-18(25)14-10-6-5-9-13(14)16(21-22)17(24)20-19-15(23)11-12-7-3-4-8-12/h5-6,9-10,12H,2-4,7-8,11H2,1H3,(H,19,23)(H,20,24). The van der Waals surface area contributed by atoms with Crippen LogP contribution in [0.15, 0.2) is 29.1 Å². The molecule has 1 heterocycles. The summed E-state index contributed by atoms with van der Waals surface area (Å²) in [4.78, 5) is 36.7. The Hall–Kier alpha value is -2.70. The summed E-state index contributed by atoms with van der Waals surface area (Å²) in [6.07, 6.45) is 4.88. The van der Waals surface area contributed by atoms with E-state index in [0.29, 0.717) is 29.7 Å². The minimum atomic E-state index is -0.529. The van der Waals surface area contributed by atoms with Crippen LogP contribution in [0, 0.1) is 5.92 Å². The van der Waals surface area contributed by atoms with Gasteiger partial charge in [0.15, 0.2) is 5.69 Å². The van der Waals surface area contributed by atoms with E-state index in [1.165, 1.54) is 17.5 Å². The molecule has 1 aromatic carbocycles. The van der Waals surface area contributed by atoms with Gasteiger partial charge >= 0.3 is 0 Å². The Morgan fingerprint density at radius 3 is 2.52 bits per heavy atom. The lowest BCUT2D eigenvalue weighted by atomic mass is 10.0. The third-order valence-electron chi connectivity index (χ3n) is 4.65. The SMILES string of the molecule is CCn1nc(C(=O)NNC(=O)CC2CCCC2)c2ccccc2c1=O. The van der Waals surface area contributed by atoms with Crippen LogP contribution in [0.5, 0.6) is 0 Å². The molecule has 1 fully saturated rings. The molecule has 0 radical (unpaired) electrons. The van der Waals surface area contributed by atoms with E-state index in [1.54, 1.807) is 31.2 Å². The minimum Gasteiger partial charge on any atom is -0.273 e. The predicted molar refractivity (Wildman–Crippen MR) is 93.9 cm³/mol. The first-order chi connectivity index (χ1) is 12.1. The first-order valence-corrected chi connectivity index (χ1v) is 8.69. The first kappa shape index (κ1) is 17.1. The van der Waals surface area contributed by atoms with Crippen molar-refractivity contribution in [3.63, 3.8) is 0 Å². The fourth-order valence-corrected chi connectivity index (χ4v) is 3.33. The van der Waals surface area contributed by atoms with Crippen molar-refractivity contribution in [1.82, 2.24) is 20.6 Å². The van der Waals surface area contributed by atoms with Crippen LogP contribution < -0.4 is 16.4 Å². The van der Waals surface area contributed by atoms with Gasteiger partial charge in [-0.1, -0.05) is 31.0 Å².